The zero-order valence-electron chi connectivity index (χ0n) is 17.1. The molecule has 0 atom stereocenters. The first-order valence-corrected chi connectivity index (χ1v) is 9.60. The van der Waals surface area contributed by atoms with Crippen LogP contribution in [-0.4, -0.2) is 44.8 Å². The van der Waals surface area contributed by atoms with Gasteiger partial charge in [0.1, 0.15) is 5.69 Å². The van der Waals surface area contributed by atoms with Gasteiger partial charge in [-0.2, -0.15) is 5.10 Å². The summed E-state index contributed by atoms with van der Waals surface area (Å²) in [6.07, 6.45) is 0.716. The minimum Gasteiger partial charge on any atom is -0.447 e. The van der Waals surface area contributed by atoms with Crippen molar-refractivity contribution in [3.8, 4) is 11.5 Å². The molecule has 0 spiro atoms. The molecule has 3 aromatic rings. The average Bonchev–Trinajstić information content (AvgIpc) is 3.30. The first kappa shape index (κ1) is 19.0. The Kier molecular flexibility index (Phi) is 4.33. The number of amides is 2. The number of nitrogens with zero attached hydrogens (tertiary/aromatic N) is 3. The Bertz CT molecular complexity index is 1110. The number of benzene rings is 1. The van der Waals surface area contributed by atoms with Gasteiger partial charge >= 0.3 is 6.09 Å². The summed E-state index contributed by atoms with van der Waals surface area (Å²) in [5.74, 6) is 0.625. The SMILES string of the molecule is CCN1C(=O)C(C)(C)c2cc3[nH]c(-c4[nH]ncc4NC(=O)OC(C)C)nc3cc21. The molecular formula is C20H24N6O3. The lowest BCUT2D eigenvalue weighted by molar-refractivity contribution is -0.122. The van der Waals surface area contributed by atoms with Crippen LogP contribution in [0.25, 0.3) is 22.6 Å². The van der Waals surface area contributed by atoms with Gasteiger partial charge in [0.2, 0.25) is 5.91 Å². The highest BCUT2D eigenvalue weighted by Crippen LogP contribution is 2.43. The van der Waals surface area contributed by atoms with E-state index in [2.05, 4.69) is 25.5 Å². The number of nitrogens with one attached hydrogen (secondary N) is 3. The van der Waals surface area contributed by atoms with E-state index in [0.29, 0.717) is 23.8 Å². The first-order valence-electron chi connectivity index (χ1n) is 9.60. The lowest BCUT2D eigenvalue weighted by Crippen LogP contribution is -2.35. The van der Waals surface area contributed by atoms with E-state index in [1.54, 1.807) is 18.7 Å². The molecule has 0 saturated heterocycles. The molecular weight excluding hydrogens is 372 g/mol. The number of ether oxygens (including phenoxy) is 1. The monoisotopic (exact) mass is 396 g/mol. The maximum absolute atomic E-state index is 12.7. The normalized spacial score (nSPS) is 15.2. The molecule has 1 aromatic carbocycles. The number of fused-ring (bicyclic) bond motifs is 2. The molecule has 1 aliphatic rings. The Morgan fingerprint density at radius 1 is 1.34 bits per heavy atom. The van der Waals surface area contributed by atoms with Crippen LogP contribution in [0.15, 0.2) is 18.3 Å². The fourth-order valence-corrected chi connectivity index (χ4v) is 3.68. The van der Waals surface area contributed by atoms with Crippen LogP contribution in [0.5, 0.6) is 0 Å². The second-order valence-electron chi connectivity index (χ2n) is 7.88. The van der Waals surface area contributed by atoms with Gasteiger partial charge in [-0.25, -0.2) is 9.78 Å². The molecule has 0 aliphatic carbocycles. The molecule has 3 heterocycles. The van der Waals surface area contributed by atoms with E-state index in [1.807, 2.05) is 32.9 Å². The van der Waals surface area contributed by atoms with E-state index in [4.69, 9.17) is 4.74 Å². The molecule has 0 bridgehead atoms. The lowest BCUT2D eigenvalue weighted by Gasteiger charge is -2.18. The number of carbonyl (C=O) groups is 2. The molecule has 0 unspecified atom stereocenters. The number of hydrogen-bond acceptors (Lipinski definition) is 5. The van der Waals surface area contributed by atoms with Crippen molar-refractivity contribution >= 4 is 34.4 Å². The number of H-pyrrole nitrogens is 2. The van der Waals surface area contributed by atoms with Gasteiger partial charge in [-0.3, -0.25) is 15.2 Å². The van der Waals surface area contributed by atoms with Crippen molar-refractivity contribution in [2.24, 2.45) is 0 Å². The summed E-state index contributed by atoms with van der Waals surface area (Å²) >= 11 is 0. The average molecular weight is 396 g/mol. The standard InChI is InChI=1S/C20H24N6O3/c1-6-26-15-8-13-12(7-11(15)20(4,5)18(26)27)22-17(23-13)16-14(9-21-25-16)24-19(28)29-10(2)3/h7-10H,6H2,1-5H3,(H,21,25)(H,22,23)(H,24,28). The third-order valence-corrected chi connectivity index (χ3v) is 5.12. The number of carbonyl (C=O) groups excluding carboxylic acids is 2. The predicted molar refractivity (Wildman–Crippen MR) is 110 cm³/mol. The van der Waals surface area contributed by atoms with Crippen molar-refractivity contribution < 1.29 is 14.3 Å². The van der Waals surface area contributed by atoms with Crippen molar-refractivity contribution in [1.29, 1.82) is 0 Å². The van der Waals surface area contributed by atoms with Gasteiger partial charge in [0.25, 0.3) is 0 Å². The lowest BCUT2D eigenvalue weighted by atomic mass is 9.86. The van der Waals surface area contributed by atoms with Gasteiger partial charge in [-0.1, -0.05) is 0 Å². The molecule has 0 saturated carbocycles. The van der Waals surface area contributed by atoms with Gasteiger partial charge in [0, 0.05) is 6.54 Å². The number of likely N-dealkylation sites (N-methyl/N-ethyl adjacent to an activating group) is 1. The highest BCUT2D eigenvalue weighted by molar-refractivity contribution is 6.09. The molecule has 9 heteroatoms. The largest absolute Gasteiger partial charge is 0.447 e. The fourth-order valence-electron chi connectivity index (χ4n) is 3.68. The predicted octanol–water partition coefficient (Wildman–Crippen LogP) is 3.55. The number of aromatic amines is 2. The molecule has 0 radical (unpaired) electrons. The Labute approximate surface area is 167 Å². The molecule has 0 fully saturated rings. The van der Waals surface area contributed by atoms with Crippen LogP contribution in [0.2, 0.25) is 0 Å². The fraction of sp³-hybridized carbons (Fsp3) is 0.400. The molecule has 9 nitrogen and oxygen atoms in total. The quantitative estimate of drug-likeness (QED) is 0.624. The van der Waals surface area contributed by atoms with Crippen LogP contribution in [-0.2, 0) is 14.9 Å². The number of hydrogen-bond donors (Lipinski definition) is 3. The minimum atomic E-state index is -0.591. The number of aromatic nitrogens is 4. The summed E-state index contributed by atoms with van der Waals surface area (Å²) in [6, 6.07) is 3.91. The van der Waals surface area contributed by atoms with Crippen LogP contribution in [0.4, 0.5) is 16.2 Å². The van der Waals surface area contributed by atoms with E-state index in [-0.39, 0.29) is 12.0 Å². The third kappa shape index (κ3) is 3.02. The van der Waals surface area contributed by atoms with Crippen molar-refractivity contribution in [2.75, 3.05) is 16.8 Å². The summed E-state index contributed by atoms with van der Waals surface area (Å²) in [4.78, 5) is 34.4. The molecule has 152 valence electrons. The highest BCUT2D eigenvalue weighted by atomic mass is 16.6. The summed E-state index contributed by atoms with van der Waals surface area (Å²) in [7, 11) is 0. The Morgan fingerprint density at radius 3 is 2.79 bits per heavy atom. The third-order valence-electron chi connectivity index (χ3n) is 5.12. The second-order valence-corrected chi connectivity index (χ2v) is 7.88. The van der Waals surface area contributed by atoms with E-state index in [0.717, 1.165) is 22.3 Å². The Morgan fingerprint density at radius 2 is 2.10 bits per heavy atom. The van der Waals surface area contributed by atoms with Crippen LogP contribution < -0.4 is 10.2 Å². The highest BCUT2D eigenvalue weighted by Gasteiger charge is 2.43. The van der Waals surface area contributed by atoms with E-state index in [9.17, 15) is 9.59 Å². The maximum Gasteiger partial charge on any atom is 0.411 e. The van der Waals surface area contributed by atoms with Gasteiger partial charge in [0.15, 0.2) is 5.82 Å². The second kappa shape index (κ2) is 6.61. The molecule has 29 heavy (non-hydrogen) atoms. The molecule has 4 rings (SSSR count). The zero-order chi connectivity index (χ0) is 20.9. The van der Waals surface area contributed by atoms with Gasteiger partial charge < -0.3 is 14.6 Å². The van der Waals surface area contributed by atoms with Crippen LogP contribution in [0.1, 0.15) is 40.2 Å². The summed E-state index contributed by atoms with van der Waals surface area (Å²) in [5.41, 5.74) is 3.81. The number of imidazole rings is 1. The van der Waals surface area contributed by atoms with Gasteiger partial charge in [-0.05, 0) is 52.3 Å². The van der Waals surface area contributed by atoms with Crippen LogP contribution in [0.3, 0.4) is 0 Å². The van der Waals surface area contributed by atoms with E-state index >= 15 is 0 Å². The van der Waals surface area contributed by atoms with E-state index in [1.165, 1.54) is 6.20 Å². The number of rotatable bonds is 4. The first-order chi connectivity index (χ1) is 13.7. The van der Waals surface area contributed by atoms with Crippen molar-refractivity contribution in [3.05, 3.63) is 23.9 Å². The van der Waals surface area contributed by atoms with Gasteiger partial charge in [-0.15, -0.1) is 0 Å². The molecule has 2 aromatic heterocycles. The van der Waals surface area contributed by atoms with Crippen molar-refractivity contribution in [1.82, 2.24) is 20.2 Å². The summed E-state index contributed by atoms with van der Waals surface area (Å²) in [6.45, 7) is 9.99. The van der Waals surface area contributed by atoms with Crippen molar-refractivity contribution in [2.45, 2.75) is 46.1 Å². The smallest absolute Gasteiger partial charge is 0.411 e. The molecule has 3 N–H and O–H groups in total. The topological polar surface area (TPSA) is 116 Å². The summed E-state index contributed by atoms with van der Waals surface area (Å²) in [5, 5.41) is 9.55. The summed E-state index contributed by atoms with van der Waals surface area (Å²) < 4.78 is 5.12. The van der Waals surface area contributed by atoms with Gasteiger partial charge in [0.05, 0.1) is 40.1 Å². The minimum absolute atomic E-state index is 0.0894. The maximum atomic E-state index is 12.7. The van der Waals surface area contributed by atoms with Crippen molar-refractivity contribution in [3.63, 3.8) is 0 Å². The Hall–Kier alpha value is -3.36. The Balaban J connectivity index is 1.73. The van der Waals surface area contributed by atoms with Crippen LogP contribution >= 0.6 is 0 Å². The molecule has 1 aliphatic heterocycles. The van der Waals surface area contributed by atoms with E-state index < -0.39 is 11.5 Å². The molecule has 2 amide bonds. The number of anilines is 2. The van der Waals surface area contributed by atoms with Crippen LogP contribution in [0, 0.1) is 0 Å². The zero-order valence-corrected chi connectivity index (χ0v) is 17.1.